The van der Waals surface area contributed by atoms with Gasteiger partial charge in [-0.1, -0.05) is 22.9 Å². The van der Waals surface area contributed by atoms with E-state index in [0.717, 1.165) is 29.5 Å². The molecular formula is C13H19BrN2O. The number of aryl methyl sites for hydroxylation is 1. The maximum atomic E-state index is 11.8. The molecule has 3 nitrogen and oxygen atoms in total. The van der Waals surface area contributed by atoms with Crippen LogP contribution in [0.15, 0.2) is 22.7 Å². The van der Waals surface area contributed by atoms with Gasteiger partial charge in [-0.05, 0) is 50.2 Å². The van der Waals surface area contributed by atoms with Gasteiger partial charge in [-0.15, -0.1) is 0 Å². The summed E-state index contributed by atoms with van der Waals surface area (Å²) in [5, 5.41) is 6.13. The number of benzene rings is 1. The van der Waals surface area contributed by atoms with Gasteiger partial charge in [-0.3, -0.25) is 4.79 Å². The van der Waals surface area contributed by atoms with E-state index in [2.05, 4.69) is 33.5 Å². The topological polar surface area (TPSA) is 41.1 Å². The third-order valence-electron chi connectivity index (χ3n) is 2.37. The summed E-state index contributed by atoms with van der Waals surface area (Å²) in [6, 6.07) is 5.72. The zero-order valence-electron chi connectivity index (χ0n) is 10.3. The van der Waals surface area contributed by atoms with Gasteiger partial charge in [0.25, 0.3) is 5.91 Å². The van der Waals surface area contributed by atoms with Crippen LogP contribution in [0.2, 0.25) is 0 Å². The number of hydrogen-bond acceptors (Lipinski definition) is 2. The molecule has 0 radical (unpaired) electrons. The third-order valence-corrected chi connectivity index (χ3v) is 2.83. The molecule has 0 heterocycles. The lowest BCUT2D eigenvalue weighted by Crippen LogP contribution is -2.27. The van der Waals surface area contributed by atoms with Crippen molar-refractivity contribution in [2.45, 2.75) is 20.3 Å². The van der Waals surface area contributed by atoms with Crippen LogP contribution in [0.5, 0.6) is 0 Å². The second-order valence-electron chi connectivity index (χ2n) is 3.98. The average Bonchev–Trinajstić information content (AvgIpc) is 2.27. The molecule has 17 heavy (non-hydrogen) atoms. The van der Waals surface area contributed by atoms with Crippen molar-refractivity contribution in [2.75, 3.05) is 19.6 Å². The molecule has 0 unspecified atom stereocenters. The van der Waals surface area contributed by atoms with E-state index in [4.69, 9.17) is 0 Å². The maximum absolute atomic E-state index is 11.8. The van der Waals surface area contributed by atoms with Crippen LogP contribution in [0, 0.1) is 6.92 Å². The van der Waals surface area contributed by atoms with Crippen LogP contribution in [0.25, 0.3) is 0 Å². The predicted octanol–water partition coefficient (Wildman–Crippen LogP) is 2.49. The summed E-state index contributed by atoms with van der Waals surface area (Å²) in [6.07, 6.45) is 0.951. The largest absolute Gasteiger partial charge is 0.352 e. The van der Waals surface area contributed by atoms with Gasteiger partial charge in [0.1, 0.15) is 0 Å². The van der Waals surface area contributed by atoms with E-state index in [1.54, 1.807) is 0 Å². The monoisotopic (exact) mass is 298 g/mol. The highest BCUT2D eigenvalue weighted by Crippen LogP contribution is 2.15. The Labute approximate surface area is 111 Å². The quantitative estimate of drug-likeness (QED) is 0.792. The van der Waals surface area contributed by atoms with Crippen LogP contribution in [0.3, 0.4) is 0 Å². The number of hydrogen-bond donors (Lipinski definition) is 2. The minimum absolute atomic E-state index is 0.00843. The van der Waals surface area contributed by atoms with E-state index in [0.29, 0.717) is 12.1 Å². The van der Waals surface area contributed by atoms with Gasteiger partial charge in [0.15, 0.2) is 0 Å². The fourth-order valence-corrected chi connectivity index (χ4v) is 2.17. The van der Waals surface area contributed by atoms with Crippen LogP contribution in [-0.2, 0) is 0 Å². The van der Waals surface area contributed by atoms with Crippen LogP contribution in [0.1, 0.15) is 29.3 Å². The first-order valence-electron chi connectivity index (χ1n) is 5.89. The second kappa shape index (κ2) is 7.45. The van der Waals surface area contributed by atoms with E-state index < -0.39 is 0 Å². The van der Waals surface area contributed by atoms with Gasteiger partial charge in [-0.25, -0.2) is 0 Å². The minimum atomic E-state index is -0.00843. The molecule has 0 bridgehead atoms. The van der Waals surface area contributed by atoms with Crippen LogP contribution in [-0.4, -0.2) is 25.5 Å². The highest BCUT2D eigenvalue weighted by molar-refractivity contribution is 9.10. The van der Waals surface area contributed by atoms with Gasteiger partial charge in [0.05, 0.1) is 0 Å². The maximum Gasteiger partial charge on any atom is 0.251 e. The van der Waals surface area contributed by atoms with Crippen molar-refractivity contribution >= 4 is 21.8 Å². The number of halogens is 1. The van der Waals surface area contributed by atoms with Crippen LogP contribution in [0.4, 0.5) is 0 Å². The molecule has 0 saturated carbocycles. The first-order chi connectivity index (χ1) is 8.13. The van der Waals surface area contributed by atoms with Crippen molar-refractivity contribution in [2.24, 2.45) is 0 Å². The minimum Gasteiger partial charge on any atom is -0.352 e. The van der Waals surface area contributed by atoms with Crippen molar-refractivity contribution in [1.82, 2.24) is 10.6 Å². The van der Waals surface area contributed by atoms with Crippen molar-refractivity contribution in [3.8, 4) is 0 Å². The molecule has 0 saturated heterocycles. The number of amides is 1. The molecule has 94 valence electrons. The lowest BCUT2D eigenvalue weighted by molar-refractivity contribution is 0.0953. The number of nitrogens with one attached hydrogen (secondary N) is 2. The van der Waals surface area contributed by atoms with Gasteiger partial charge in [0.2, 0.25) is 0 Å². The van der Waals surface area contributed by atoms with Crippen molar-refractivity contribution in [3.63, 3.8) is 0 Å². The Morgan fingerprint density at radius 2 is 2.06 bits per heavy atom. The molecular weight excluding hydrogens is 280 g/mol. The first kappa shape index (κ1) is 14.2. The molecule has 1 rings (SSSR count). The number of carbonyl (C=O) groups excluding carboxylic acids is 1. The Morgan fingerprint density at radius 1 is 1.29 bits per heavy atom. The molecule has 1 aromatic rings. The number of rotatable bonds is 6. The molecule has 1 aromatic carbocycles. The van der Waals surface area contributed by atoms with Crippen LogP contribution < -0.4 is 10.6 Å². The van der Waals surface area contributed by atoms with Crippen molar-refractivity contribution in [3.05, 3.63) is 33.8 Å². The van der Waals surface area contributed by atoms with Gasteiger partial charge in [-0.2, -0.15) is 0 Å². The molecule has 0 fully saturated rings. The van der Waals surface area contributed by atoms with E-state index in [9.17, 15) is 4.79 Å². The summed E-state index contributed by atoms with van der Waals surface area (Å²) < 4.78 is 0.940. The first-order valence-corrected chi connectivity index (χ1v) is 6.69. The lowest BCUT2D eigenvalue weighted by atomic mass is 10.1. The smallest absolute Gasteiger partial charge is 0.251 e. The van der Waals surface area contributed by atoms with E-state index in [-0.39, 0.29) is 5.91 Å². The Morgan fingerprint density at radius 3 is 2.71 bits per heavy atom. The molecule has 0 aliphatic rings. The zero-order chi connectivity index (χ0) is 12.7. The summed E-state index contributed by atoms with van der Waals surface area (Å²) >= 11 is 3.39. The standard InChI is InChI=1S/C13H19BrN2O/c1-3-15-5-4-6-16-13(17)11-7-10(2)8-12(14)9-11/h7-9,15H,3-6H2,1-2H3,(H,16,17). The van der Waals surface area contributed by atoms with E-state index in [1.807, 2.05) is 25.1 Å². The third kappa shape index (κ3) is 5.33. The van der Waals surface area contributed by atoms with Gasteiger partial charge in [0, 0.05) is 16.6 Å². The molecule has 4 heteroatoms. The Kier molecular flexibility index (Phi) is 6.22. The normalized spacial score (nSPS) is 10.3. The van der Waals surface area contributed by atoms with Gasteiger partial charge < -0.3 is 10.6 Å². The highest BCUT2D eigenvalue weighted by Gasteiger charge is 2.05. The Hall–Kier alpha value is -0.870. The van der Waals surface area contributed by atoms with Crippen LogP contribution >= 0.6 is 15.9 Å². The summed E-state index contributed by atoms with van der Waals surface area (Å²) in [6.45, 7) is 6.67. The molecule has 0 atom stereocenters. The summed E-state index contributed by atoms with van der Waals surface area (Å²) in [5.41, 5.74) is 1.79. The summed E-state index contributed by atoms with van der Waals surface area (Å²) in [4.78, 5) is 11.8. The molecule has 0 aliphatic carbocycles. The predicted molar refractivity (Wildman–Crippen MR) is 74.4 cm³/mol. The second-order valence-corrected chi connectivity index (χ2v) is 4.90. The Balaban J connectivity index is 2.41. The lowest BCUT2D eigenvalue weighted by Gasteiger charge is -2.07. The zero-order valence-corrected chi connectivity index (χ0v) is 11.9. The SMILES string of the molecule is CCNCCCNC(=O)c1cc(C)cc(Br)c1. The molecule has 1 amide bonds. The van der Waals surface area contributed by atoms with Crippen molar-refractivity contribution < 1.29 is 4.79 Å². The highest BCUT2D eigenvalue weighted by atomic mass is 79.9. The molecule has 0 aromatic heterocycles. The average molecular weight is 299 g/mol. The summed E-state index contributed by atoms with van der Waals surface area (Å²) in [7, 11) is 0. The van der Waals surface area contributed by atoms with E-state index >= 15 is 0 Å². The fraction of sp³-hybridized carbons (Fsp3) is 0.462. The molecule has 0 spiro atoms. The Bertz CT molecular complexity index is 359. The molecule has 0 aliphatic heterocycles. The van der Waals surface area contributed by atoms with Gasteiger partial charge >= 0.3 is 0 Å². The van der Waals surface area contributed by atoms with Crippen molar-refractivity contribution in [1.29, 1.82) is 0 Å². The van der Waals surface area contributed by atoms with E-state index in [1.165, 1.54) is 0 Å². The summed E-state index contributed by atoms with van der Waals surface area (Å²) in [5.74, 6) is -0.00843. The molecule has 2 N–H and O–H groups in total. The number of carbonyl (C=O) groups is 1. The fourth-order valence-electron chi connectivity index (χ4n) is 1.56.